The number of nitrogens with one attached hydrogen (secondary N) is 1. The van der Waals surface area contributed by atoms with E-state index in [0.29, 0.717) is 10.8 Å². The lowest BCUT2D eigenvalue weighted by Crippen LogP contribution is -1.81. The van der Waals surface area contributed by atoms with Crippen LogP contribution in [0.4, 0.5) is 0 Å². The number of aryl methyl sites for hydroxylation is 1. The molecular formula is C6H5ClN4. The Morgan fingerprint density at radius 1 is 1.55 bits per heavy atom. The molecule has 0 atom stereocenters. The second-order valence-electron chi connectivity index (χ2n) is 2.20. The number of hydrogen-bond donors (Lipinski definition) is 1. The minimum atomic E-state index is 0.376. The number of hydrogen-bond acceptors (Lipinski definition) is 3. The molecule has 0 saturated carbocycles. The van der Waals surface area contributed by atoms with E-state index in [1.54, 1.807) is 0 Å². The SMILES string of the molecule is Cc1n[nH]c2nc(Cl)cnc12. The summed E-state index contributed by atoms with van der Waals surface area (Å²) in [6.07, 6.45) is 1.51. The zero-order chi connectivity index (χ0) is 7.84. The maximum atomic E-state index is 5.61. The van der Waals surface area contributed by atoms with E-state index in [0.717, 1.165) is 11.2 Å². The van der Waals surface area contributed by atoms with Gasteiger partial charge in [-0.05, 0) is 6.92 Å². The van der Waals surface area contributed by atoms with Crippen LogP contribution in [-0.4, -0.2) is 20.2 Å². The fourth-order valence-corrected chi connectivity index (χ4v) is 1.03. The van der Waals surface area contributed by atoms with E-state index in [4.69, 9.17) is 11.6 Å². The molecule has 0 unspecified atom stereocenters. The smallest absolute Gasteiger partial charge is 0.175 e. The van der Waals surface area contributed by atoms with Crippen LogP contribution >= 0.6 is 11.6 Å². The zero-order valence-corrected chi connectivity index (χ0v) is 6.55. The number of rotatable bonds is 0. The van der Waals surface area contributed by atoms with Crippen molar-refractivity contribution in [3.8, 4) is 0 Å². The lowest BCUT2D eigenvalue weighted by atomic mass is 10.4. The van der Waals surface area contributed by atoms with Crippen LogP contribution in [0.2, 0.25) is 5.15 Å². The highest BCUT2D eigenvalue weighted by Gasteiger charge is 2.02. The molecule has 0 aliphatic carbocycles. The molecule has 0 aliphatic heterocycles. The summed E-state index contributed by atoms with van der Waals surface area (Å²) < 4.78 is 0. The van der Waals surface area contributed by atoms with Gasteiger partial charge in [-0.3, -0.25) is 5.10 Å². The van der Waals surface area contributed by atoms with Crippen LogP contribution in [0.5, 0.6) is 0 Å². The first-order valence-electron chi connectivity index (χ1n) is 3.10. The second-order valence-corrected chi connectivity index (χ2v) is 2.59. The molecule has 0 aromatic carbocycles. The van der Waals surface area contributed by atoms with Crippen molar-refractivity contribution in [3.05, 3.63) is 17.0 Å². The molecule has 0 bridgehead atoms. The molecule has 4 nitrogen and oxygen atoms in total. The highest BCUT2D eigenvalue weighted by Crippen LogP contribution is 2.11. The Bertz CT molecular complexity index is 394. The highest BCUT2D eigenvalue weighted by molar-refractivity contribution is 6.29. The van der Waals surface area contributed by atoms with E-state index in [1.807, 2.05) is 6.92 Å². The van der Waals surface area contributed by atoms with Crippen LogP contribution in [-0.2, 0) is 0 Å². The lowest BCUT2D eigenvalue weighted by Gasteiger charge is -1.87. The summed E-state index contributed by atoms with van der Waals surface area (Å²) in [6, 6.07) is 0. The normalized spacial score (nSPS) is 10.7. The predicted octanol–water partition coefficient (Wildman–Crippen LogP) is 1.31. The number of H-pyrrole nitrogens is 1. The molecule has 56 valence electrons. The number of halogens is 1. The largest absolute Gasteiger partial charge is 0.259 e. The molecule has 2 aromatic heterocycles. The minimum absolute atomic E-state index is 0.376. The van der Waals surface area contributed by atoms with E-state index < -0.39 is 0 Å². The van der Waals surface area contributed by atoms with Gasteiger partial charge in [0.2, 0.25) is 0 Å². The lowest BCUT2D eigenvalue weighted by molar-refractivity contribution is 1.05. The second kappa shape index (κ2) is 2.17. The Labute approximate surface area is 67.6 Å². The molecule has 0 amide bonds. The summed E-state index contributed by atoms with van der Waals surface area (Å²) >= 11 is 5.61. The van der Waals surface area contributed by atoms with E-state index in [1.165, 1.54) is 6.20 Å². The number of fused-ring (bicyclic) bond motifs is 1. The highest BCUT2D eigenvalue weighted by atomic mass is 35.5. The first-order valence-corrected chi connectivity index (χ1v) is 3.48. The topological polar surface area (TPSA) is 54.5 Å². The average Bonchev–Trinajstić information content (AvgIpc) is 2.32. The standard InChI is InChI=1S/C6H5ClN4/c1-3-5-6(11-10-3)9-4(7)2-8-5/h2H,1H3,(H,9,10,11). The quantitative estimate of drug-likeness (QED) is 0.646. The first-order chi connectivity index (χ1) is 5.27. The van der Waals surface area contributed by atoms with Crippen LogP contribution in [0.3, 0.4) is 0 Å². The fraction of sp³-hybridized carbons (Fsp3) is 0.167. The summed E-state index contributed by atoms with van der Waals surface area (Å²) in [4.78, 5) is 8.03. The van der Waals surface area contributed by atoms with Crippen molar-refractivity contribution in [1.82, 2.24) is 20.2 Å². The molecule has 11 heavy (non-hydrogen) atoms. The van der Waals surface area contributed by atoms with Crippen molar-refractivity contribution in [2.24, 2.45) is 0 Å². The van der Waals surface area contributed by atoms with Crippen molar-refractivity contribution in [2.45, 2.75) is 6.92 Å². The van der Waals surface area contributed by atoms with Crippen LogP contribution in [0, 0.1) is 6.92 Å². The summed E-state index contributed by atoms with van der Waals surface area (Å²) in [5.41, 5.74) is 2.24. The van der Waals surface area contributed by atoms with Crippen molar-refractivity contribution in [3.63, 3.8) is 0 Å². The maximum absolute atomic E-state index is 5.61. The Morgan fingerprint density at radius 3 is 3.18 bits per heavy atom. The molecule has 2 heterocycles. The number of nitrogens with zero attached hydrogens (tertiary/aromatic N) is 3. The molecule has 0 aliphatic rings. The van der Waals surface area contributed by atoms with E-state index >= 15 is 0 Å². The van der Waals surface area contributed by atoms with Crippen molar-refractivity contribution in [1.29, 1.82) is 0 Å². The van der Waals surface area contributed by atoms with Crippen molar-refractivity contribution in [2.75, 3.05) is 0 Å². The van der Waals surface area contributed by atoms with E-state index in [-0.39, 0.29) is 0 Å². The average molecular weight is 169 g/mol. The van der Waals surface area contributed by atoms with Gasteiger partial charge in [-0.15, -0.1) is 0 Å². The molecule has 1 N–H and O–H groups in total. The molecule has 0 radical (unpaired) electrons. The minimum Gasteiger partial charge on any atom is -0.259 e. The molecule has 2 aromatic rings. The Hall–Kier alpha value is -1.16. The third kappa shape index (κ3) is 0.952. The van der Waals surface area contributed by atoms with Gasteiger partial charge in [0, 0.05) is 0 Å². The molecular weight excluding hydrogens is 164 g/mol. The maximum Gasteiger partial charge on any atom is 0.175 e. The Kier molecular flexibility index (Phi) is 1.29. The van der Waals surface area contributed by atoms with Crippen LogP contribution in [0.15, 0.2) is 6.20 Å². The van der Waals surface area contributed by atoms with Crippen molar-refractivity contribution < 1.29 is 0 Å². The molecule has 0 spiro atoms. The molecule has 5 heteroatoms. The van der Waals surface area contributed by atoms with E-state index in [2.05, 4.69) is 20.2 Å². The third-order valence-corrected chi connectivity index (χ3v) is 1.60. The first kappa shape index (κ1) is 6.54. The molecule has 2 rings (SSSR count). The zero-order valence-electron chi connectivity index (χ0n) is 5.80. The molecule has 0 fully saturated rings. The summed E-state index contributed by atoms with van der Waals surface area (Å²) in [5, 5.41) is 7.02. The monoisotopic (exact) mass is 168 g/mol. The number of aromatic nitrogens is 4. The van der Waals surface area contributed by atoms with Crippen LogP contribution in [0.1, 0.15) is 5.69 Å². The summed E-state index contributed by atoms with van der Waals surface area (Å²) in [5.74, 6) is 0. The fourth-order valence-electron chi connectivity index (χ4n) is 0.900. The summed E-state index contributed by atoms with van der Waals surface area (Å²) in [6.45, 7) is 1.86. The molecule has 0 saturated heterocycles. The summed E-state index contributed by atoms with van der Waals surface area (Å²) in [7, 11) is 0. The van der Waals surface area contributed by atoms with Gasteiger partial charge in [-0.2, -0.15) is 5.10 Å². The van der Waals surface area contributed by atoms with Gasteiger partial charge in [0.1, 0.15) is 10.7 Å². The van der Waals surface area contributed by atoms with Crippen molar-refractivity contribution >= 4 is 22.8 Å². The third-order valence-electron chi connectivity index (χ3n) is 1.42. The van der Waals surface area contributed by atoms with Gasteiger partial charge < -0.3 is 0 Å². The van der Waals surface area contributed by atoms with E-state index in [9.17, 15) is 0 Å². The van der Waals surface area contributed by atoms with Gasteiger partial charge in [-0.1, -0.05) is 11.6 Å². The van der Waals surface area contributed by atoms with Gasteiger partial charge in [0.15, 0.2) is 5.65 Å². The van der Waals surface area contributed by atoms with Crippen LogP contribution < -0.4 is 0 Å². The van der Waals surface area contributed by atoms with Gasteiger partial charge >= 0.3 is 0 Å². The predicted molar refractivity (Wildman–Crippen MR) is 41.4 cm³/mol. The number of aromatic amines is 1. The van der Waals surface area contributed by atoms with Crippen LogP contribution in [0.25, 0.3) is 11.2 Å². The van der Waals surface area contributed by atoms with Gasteiger partial charge in [0.25, 0.3) is 0 Å². The van der Waals surface area contributed by atoms with Gasteiger partial charge in [-0.25, -0.2) is 9.97 Å². The Morgan fingerprint density at radius 2 is 2.36 bits per heavy atom. The Balaban J connectivity index is 2.86. The van der Waals surface area contributed by atoms with Gasteiger partial charge in [0.05, 0.1) is 11.9 Å².